The highest BCUT2D eigenvalue weighted by atomic mass is 16.2. The van der Waals surface area contributed by atoms with E-state index in [-0.39, 0.29) is 11.9 Å². The standard InChI is InChI=1S/C15H22N4O/c1-12(2)9-14(19-7-3-4-8-19)15(20)17-6-5-13-10-16-11-18-13/h3-4,7-8,10-12,14H,5-6,9H2,1-2H3,(H,16,18)(H,17,20). The molecule has 20 heavy (non-hydrogen) atoms. The normalized spacial score (nSPS) is 12.6. The van der Waals surface area contributed by atoms with Crippen molar-refractivity contribution < 1.29 is 4.79 Å². The Balaban J connectivity index is 1.89. The topological polar surface area (TPSA) is 62.7 Å². The van der Waals surface area contributed by atoms with Crippen molar-refractivity contribution in [3.63, 3.8) is 0 Å². The van der Waals surface area contributed by atoms with E-state index in [1.807, 2.05) is 29.1 Å². The number of rotatable bonds is 7. The van der Waals surface area contributed by atoms with Gasteiger partial charge in [-0.3, -0.25) is 4.79 Å². The number of hydrogen-bond donors (Lipinski definition) is 2. The molecule has 1 atom stereocenters. The van der Waals surface area contributed by atoms with Gasteiger partial charge in [-0.15, -0.1) is 0 Å². The first kappa shape index (κ1) is 14.4. The minimum absolute atomic E-state index is 0.0782. The Morgan fingerprint density at radius 1 is 1.40 bits per heavy atom. The molecule has 5 nitrogen and oxygen atoms in total. The van der Waals surface area contributed by atoms with Gasteiger partial charge in [0.2, 0.25) is 5.91 Å². The predicted octanol–water partition coefficient (Wildman–Crippen LogP) is 2.16. The number of carbonyl (C=O) groups is 1. The summed E-state index contributed by atoms with van der Waals surface area (Å²) in [6.45, 7) is 4.89. The molecule has 108 valence electrons. The Labute approximate surface area is 119 Å². The van der Waals surface area contributed by atoms with Crippen LogP contribution < -0.4 is 5.32 Å². The van der Waals surface area contributed by atoms with Crippen LogP contribution >= 0.6 is 0 Å². The van der Waals surface area contributed by atoms with E-state index in [2.05, 4.69) is 29.1 Å². The van der Waals surface area contributed by atoms with Crippen LogP contribution in [0.25, 0.3) is 0 Å². The smallest absolute Gasteiger partial charge is 0.243 e. The summed E-state index contributed by atoms with van der Waals surface area (Å²) in [6.07, 6.45) is 8.93. The maximum atomic E-state index is 12.3. The van der Waals surface area contributed by atoms with Crippen LogP contribution in [0.1, 0.15) is 32.0 Å². The van der Waals surface area contributed by atoms with Gasteiger partial charge >= 0.3 is 0 Å². The molecule has 2 N–H and O–H groups in total. The third kappa shape index (κ3) is 3.98. The second-order valence-corrected chi connectivity index (χ2v) is 5.39. The summed E-state index contributed by atoms with van der Waals surface area (Å²) in [6, 6.07) is 3.77. The van der Waals surface area contributed by atoms with Gasteiger partial charge in [-0.1, -0.05) is 13.8 Å². The maximum Gasteiger partial charge on any atom is 0.243 e. The molecule has 2 rings (SSSR count). The van der Waals surface area contributed by atoms with Crippen LogP contribution in [-0.2, 0) is 11.2 Å². The molecule has 2 aromatic rings. The summed E-state index contributed by atoms with van der Waals surface area (Å²) in [7, 11) is 0. The van der Waals surface area contributed by atoms with Crippen molar-refractivity contribution in [3.05, 3.63) is 42.7 Å². The lowest BCUT2D eigenvalue weighted by Crippen LogP contribution is -2.34. The molecule has 0 aliphatic rings. The number of nitrogens with one attached hydrogen (secondary N) is 2. The van der Waals surface area contributed by atoms with Crippen LogP contribution in [-0.4, -0.2) is 27.0 Å². The lowest BCUT2D eigenvalue weighted by molar-refractivity contribution is -0.124. The minimum Gasteiger partial charge on any atom is -0.354 e. The van der Waals surface area contributed by atoms with Crippen molar-refractivity contribution in [3.8, 4) is 0 Å². The molecule has 0 saturated heterocycles. The van der Waals surface area contributed by atoms with Crippen molar-refractivity contribution in [1.29, 1.82) is 0 Å². The Morgan fingerprint density at radius 3 is 2.75 bits per heavy atom. The number of carbonyl (C=O) groups excluding carboxylic acids is 1. The zero-order chi connectivity index (χ0) is 14.4. The highest BCUT2D eigenvalue weighted by Crippen LogP contribution is 2.18. The Morgan fingerprint density at radius 2 is 2.15 bits per heavy atom. The Kier molecular flexibility index (Phi) is 4.98. The number of amides is 1. The maximum absolute atomic E-state index is 12.3. The summed E-state index contributed by atoms with van der Waals surface area (Å²) >= 11 is 0. The molecule has 1 amide bonds. The van der Waals surface area contributed by atoms with Crippen molar-refractivity contribution in [2.75, 3.05) is 6.54 Å². The third-order valence-electron chi connectivity index (χ3n) is 3.23. The van der Waals surface area contributed by atoms with E-state index in [9.17, 15) is 4.79 Å². The molecule has 0 spiro atoms. The molecule has 0 aliphatic heterocycles. The van der Waals surface area contributed by atoms with E-state index in [4.69, 9.17) is 0 Å². The lowest BCUT2D eigenvalue weighted by atomic mass is 10.0. The van der Waals surface area contributed by atoms with Gasteiger partial charge < -0.3 is 14.9 Å². The first-order valence-electron chi connectivity index (χ1n) is 7.04. The number of hydrogen-bond acceptors (Lipinski definition) is 2. The number of nitrogens with zero attached hydrogens (tertiary/aromatic N) is 2. The van der Waals surface area contributed by atoms with Crippen molar-refractivity contribution >= 4 is 5.91 Å². The fourth-order valence-electron chi connectivity index (χ4n) is 2.23. The molecule has 2 aromatic heterocycles. The van der Waals surface area contributed by atoms with Crippen LogP contribution in [0, 0.1) is 5.92 Å². The molecule has 0 fully saturated rings. The van der Waals surface area contributed by atoms with Crippen LogP contribution in [0.4, 0.5) is 0 Å². The molecular weight excluding hydrogens is 252 g/mol. The second kappa shape index (κ2) is 6.93. The van der Waals surface area contributed by atoms with Crippen LogP contribution in [0.5, 0.6) is 0 Å². The molecule has 5 heteroatoms. The van der Waals surface area contributed by atoms with Gasteiger partial charge in [-0.25, -0.2) is 4.98 Å². The summed E-state index contributed by atoms with van der Waals surface area (Å²) in [4.78, 5) is 19.3. The zero-order valence-corrected chi connectivity index (χ0v) is 12.0. The lowest BCUT2D eigenvalue weighted by Gasteiger charge is -2.20. The summed E-state index contributed by atoms with van der Waals surface area (Å²) in [5, 5.41) is 3.01. The SMILES string of the molecule is CC(C)CC(C(=O)NCCc1cnc[nH]1)n1cccc1. The van der Waals surface area contributed by atoms with E-state index in [0.717, 1.165) is 18.5 Å². The molecule has 0 aromatic carbocycles. The first-order chi connectivity index (χ1) is 9.66. The second-order valence-electron chi connectivity index (χ2n) is 5.39. The van der Waals surface area contributed by atoms with E-state index in [0.29, 0.717) is 12.5 Å². The van der Waals surface area contributed by atoms with Gasteiger partial charge in [0.15, 0.2) is 0 Å². The Hall–Kier alpha value is -2.04. The van der Waals surface area contributed by atoms with Gasteiger partial charge in [0.25, 0.3) is 0 Å². The highest BCUT2D eigenvalue weighted by Gasteiger charge is 2.20. The predicted molar refractivity (Wildman–Crippen MR) is 78.2 cm³/mol. The minimum atomic E-state index is -0.133. The number of imidazole rings is 1. The number of aromatic amines is 1. The fourth-order valence-corrected chi connectivity index (χ4v) is 2.23. The van der Waals surface area contributed by atoms with E-state index < -0.39 is 0 Å². The van der Waals surface area contributed by atoms with Gasteiger partial charge in [0.1, 0.15) is 6.04 Å². The van der Waals surface area contributed by atoms with Gasteiger partial charge in [-0.2, -0.15) is 0 Å². The molecule has 0 saturated carbocycles. The molecular formula is C15H22N4O. The third-order valence-corrected chi connectivity index (χ3v) is 3.23. The van der Waals surface area contributed by atoms with Gasteiger partial charge in [0.05, 0.1) is 6.33 Å². The summed E-state index contributed by atoms with van der Waals surface area (Å²) < 4.78 is 1.98. The average molecular weight is 274 g/mol. The summed E-state index contributed by atoms with van der Waals surface area (Å²) in [5.74, 6) is 0.551. The van der Waals surface area contributed by atoms with Crippen molar-refractivity contribution in [2.24, 2.45) is 5.92 Å². The van der Waals surface area contributed by atoms with E-state index in [1.165, 1.54) is 0 Å². The number of aromatic nitrogens is 3. The first-order valence-corrected chi connectivity index (χ1v) is 7.04. The molecule has 0 aliphatic carbocycles. The molecule has 0 bridgehead atoms. The molecule has 2 heterocycles. The molecule has 0 radical (unpaired) electrons. The van der Waals surface area contributed by atoms with Crippen LogP contribution in [0.3, 0.4) is 0 Å². The van der Waals surface area contributed by atoms with Crippen LogP contribution in [0.2, 0.25) is 0 Å². The quantitative estimate of drug-likeness (QED) is 0.812. The summed E-state index contributed by atoms with van der Waals surface area (Å²) in [5.41, 5.74) is 1.03. The van der Waals surface area contributed by atoms with E-state index in [1.54, 1.807) is 12.5 Å². The Bertz CT molecular complexity index is 502. The average Bonchev–Trinajstić information content (AvgIpc) is 3.08. The van der Waals surface area contributed by atoms with Gasteiger partial charge in [-0.05, 0) is 24.5 Å². The van der Waals surface area contributed by atoms with Crippen molar-refractivity contribution in [1.82, 2.24) is 19.9 Å². The monoisotopic (exact) mass is 274 g/mol. The number of H-pyrrole nitrogens is 1. The van der Waals surface area contributed by atoms with E-state index >= 15 is 0 Å². The van der Waals surface area contributed by atoms with Crippen LogP contribution in [0.15, 0.2) is 37.1 Å². The zero-order valence-electron chi connectivity index (χ0n) is 12.0. The highest BCUT2D eigenvalue weighted by molar-refractivity contribution is 5.80. The van der Waals surface area contributed by atoms with Gasteiger partial charge in [0, 0.05) is 37.3 Å². The largest absolute Gasteiger partial charge is 0.354 e. The van der Waals surface area contributed by atoms with Crippen molar-refractivity contribution in [2.45, 2.75) is 32.7 Å². The molecule has 1 unspecified atom stereocenters. The fraction of sp³-hybridized carbons (Fsp3) is 0.467.